The third kappa shape index (κ3) is 4.26. The zero-order valence-corrected chi connectivity index (χ0v) is 18.0. The molecule has 0 spiro atoms. The third-order valence-corrected chi connectivity index (χ3v) is 8.03. The Morgan fingerprint density at radius 1 is 1.29 bits per heavy atom. The van der Waals surface area contributed by atoms with Gasteiger partial charge in [0, 0.05) is 45.7 Å². The van der Waals surface area contributed by atoms with E-state index >= 15 is 0 Å². The Morgan fingerprint density at radius 3 is 2.75 bits per heavy atom. The van der Waals surface area contributed by atoms with Gasteiger partial charge in [-0.3, -0.25) is 9.56 Å². The first-order chi connectivity index (χ1) is 13.2. The van der Waals surface area contributed by atoms with E-state index in [1.54, 1.807) is 23.1 Å². The van der Waals surface area contributed by atoms with Gasteiger partial charge in [0.05, 0.1) is 10.5 Å². The molecule has 1 saturated heterocycles. The van der Waals surface area contributed by atoms with Gasteiger partial charge >= 0.3 is 5.69 Å². The first kappa shape index (κ1) is 20.9. The Kier molecular flexibility index (Phi) is 6.16. The number of guanidine groups is 1. The van der Waals surface area contributed by atoms with E-state index in [4.69, 9.17) is 0 Å². The average Bonchev–Trinajstić information content (AvgIpc) is 2.96. The van der Waals surface area contributed by atoms with Gasteiger partial charge in [0.15, 0.2) is 15.8 Å². The summed E-state index contributed by atoms with van der Waals surface area (Å²) in [4.78, 5) is 19.1. The summed E-state index contributed by atoms with van der Waals surface area (Å²) in [6.07, 6.45) is 3.71. The van der Waals surface area contributed by atoms with Gasteiger partial charge in [-0.15, -0.1) is 0 Å². The fourth-order valence-corrected chi connectivity index (χ4v) is 5.12. The lowest BCUT2D eigenvalue weighted by Crippen LogP contribution is -2.57. The molecule has 1 aromatic heterocycles. The van der Waals surface area contributed by atoms with Crippen LogP contribution in [0.2, 0.25) is 0 Å². The highest BCUT2D eigenvalue weighted by molar-refractivity contribution is 7.92. The molecule has 0 bridgehead atoms. The highest BCUT2D eigenvalue weighted by Crippen LogP contribution is 2.23. The number of nitrogens with zero attached hydrogens (tertiary/aromatic N) is 5. The number of aromatic nitrogens is 3. The Hall–Kier alpha value is -1.84. The summed E-state index contributed by atoms with van der Waals surface area (Å²) in [6, 6.07) is 0. The molecular weight excluding hydrogens is 380 g/mol. The molecule has 1 fully saturated rings. The summed E-state index contributed by atoms with van der Waals surface area (Å²) < 4.78 is 27.0. The molecule has 2 aliphatic rings. The molecule has 0 saturated carbocycles. The number of aliphatic imine (C=N–C) groups is 1. The lowest BCUT2D eigenvalue weighted by molar-refractivity contribution is 0.353. The smallest absolute Gasteiger partial charge is 0.345 e. The van der Waals surface area contributed by atoms with Gasteiger partial charge < -0.3 is 10.2 Å². The topological polar surface area (TPSA) is 102 Å². The molecule has 0 unspecified atom stereocenters. The van der Waals surface area contributed by atoms with Gasteiger partial charge in [-0.1, -0.05) is 0 Å². The molecule has 9 nitrogen and oxygen atoms in total. The standard InChI is InChI=1S/C18H32N6O3S/c1-4-19-16(22-12-13-28(26,27)18(2,3)14-22)20-9-7-11-24-17(25)23-10-6-5-8-15(23)21-24/h4-14H2,1-3H3,(H,19,20). The van der Waals surface area contributed by atoms with Crippen molar-refractivity contribution in [3.05, 3.63) is 16.3 Å². The van der Waals surface area contributed by atoms with Crippen LogP contribution in [0, 0.1) is 0 Å². The van der Waals surface area contributed by atoms with Crippen molar-refractivity contribution in [3.63, 3.8) is 0 Å². The van der Waals surface area contributed by atoms with Crippen LogP contribution in [0.25, 0.3) is 0 Å². The molecule has 10 heteroatoms. The van der Waals surface area contributed by atoms with E-state index in [9.17, 15) is 13.2 Å². The molecule has 0 radical (unpaired) electrons. The van der Waals surface area contributed by atoms with Crippen molar-refractivity contribution < 1.29 is 8.42 Å². The monoisotopic (exact) mass is 412 g/mol. The third-order valence-electron chi connectivity index (χ3n) is 5.50. The van der Waals surface area contributed by atoms with Crippen LogP contribution in [-0.4, -0.2) is 70.3 Å². The van der Waals surface area contributed by atoms with Gasteiger partial charge in [0.25, 0.3) is 0 Å². The number of nitrogens with one attached hydrogen (secondary N) is 1. The van der Waals surface area contributed by atoms with Crippen LogP contribution in [0.4, 0.5) is 0 Å². The Balaban J connectivity index is 1.61. The minimum absolute atomic E-state index is 0.0198. The van der Waals surface area contributed by atoms with Crippen LogP contribution in [-0.2, 0) is 29.3 Å². The van der Waals surface area contributed by atoms with Crippen molar-refractivity contribution in [1.29, 1.82) is 0 Å². The lowest BCUT2D eigenvalue weighted by Gasteiger charge is -2.39. The lowest BCUT2D eigenvalue weighted by atomic mass is 10.2. The first-order valence-corrected chi connectivity index (χ1v) is 11.8. The van der Waals surface area contributed by atoms with Crippen molar-refractivity contribution >= 4 is 15.8 Å². The maximum atomic E-state index is 12.4. The van der Waals surface area contributed by atoms with Crippen molar-refractivity contribution in [3.8, 4) is 0 Å². The summed E-state index contributed by atoms with van der Waals surface area (Å²) in [7, 11) is -3.08. The minimum Gasteiger partial charge on any atom is -0.357 e. The molecule has 1 N–H and O–H groups in total. The van der Waals surface area contributed by atoms with Crippen LogP contribution in [0.15, 0.2) is 9.79 Å². The van der Waals surface area contributed by atoms with Gasteiger partial charge in [-0.25, -0.2) is 17.9 Å². The highest BCUT2D eigenvalue weighted by Gasteiger charge is 2.40. The van der Waals surface area contributed by atoms with Crippen molar-refractivity contribution in [2.75, 3.05) is 31.9 Å². The number of fused-ring (bicyclic) bond motifs is 1. The molecule has 0 aliphatic carbocycles. The van der Waals surface area contributed by atoms with Gasteiger partial charge in [-0.05, 0) is 40.0 Å². The van der Waals surface area contributed by atoms with E-state index in [2.05, 4.69) is 15.4 Å². The zero-order chi connectivity index (χ0) is 20.4. The maximum Gasteiger partial charge on any atom is 0.345 e. The summed E-state index contributed by atoms with van der Waals surface area (Å²) in [5, 5.41) is 7.71. The summed E-state index contributed by atoms with van der Waals surface area (Å²) in [5.74, 6) is 1.77. The van der Waals surface area contributed by atoms with Crippen molar-refractivity contribution in [2.45, 2.75) is 64.3 Å². The van der Waals surface area contributed by atoms with Crippen LogP contribution >= 0.6 is 0 Å². The fourth-order valence-electron chi connectivity index (χ4n) is 3.75. The predicted octanol–water partition coefficient (Wildman–Crippen LogP) is 0.246. The number of aryl methyl sites for hydroxylation is 2. The summed E-state index contributed by atoms with van der Waals surface area (Å²) in [5.41, 5.74) is -0.0198. The van der Waals surface area contributed by atoms with Crippen LogP contribution in [0.3, 0.4) is 0 Å². The van der Waals surface area contributed by atoms with E-state index in [1.807, 2.05) is 11.8 Å². The minimum atomic E-state index is -3.08. The van der Waals surface area contributed by atoms with E-state index in [-0.39, 0.29) is 11.4 Å². The van der Waals surface area contributed by atoms with Crippen LogP contribution in [0.5, 0.6) is 0 Å². The molecular formula is C18H32N6O3S. The molecule has 0 atom stereocenters. The second-order valence-corrected chi connectivity index (χ2v) is 10.9. The van der Waals surface area contributed by atoms with E-state index in [0.29, 0.717) is 32.6 Å². The largest absolute Gasteiger partial charge is 0.357 e. The van der Waals surface area contributed by atoms with Crippen molar-refractivity contribution in [2.24, 2.45) is 4.99 Å². The van der Waals surface area contributed by atoms with Gasteiger partial charge in [-0.2, -0.15) is 5.10 Å². The number of hydrogen-bond donors (Lipinski definition) is 1. The second-order valence-electron chi connectivity index (χ2n) is 8.12. The number of hydrogen-bond acceptors (Lipinski definition) is 5. The molecule has 3 heterocycles. The number of rotatable bonds is 5. The van der Waals surface area contributed by atoms with Gasteiger partial charge in [0.2, 0.25) is 0 Å². The van der Waals surface area contributed by atoms with Gasteiger partial charge in [0.1, 0.15) is 5.82 Å². The molecule has 2 aliphatic heterocycles. The summed E-state index contributed by atoms with van der Waals surface area (Å²) in [6.45, 7) is 8.99. The molecule has 28 heavy (non-hydrogen) atoms. The second kappa shape index (κ2) is 8.26. The molecule has 158 valence electrons. The van der Waals surface area contributed by atoms with Crippen LogP contribution in [0.1, 0.15) is 45.9 Å². The van der Waals surface area contributed by atoms with E-state index in [1.165, 1.54) is 0 Å². The Morgan fingerprint density at radius 2 is 2.07 bits per heavy atom. The molecule has 0 amide bonds. The summed E-state index contributed by atoms with van der Waals surface area (Å²) >= 11 is 0. The molecule has 0 aromatic carbocycles. The van der Waals surface area contributed by atoms with Crippen molar-refractivity contribution in [1.82, 2.24) is 24.6 Å². The van der Waals surface area contributed by atoms with E-state index in [0.717, 1.165) is 44.1 Å². The zero-order valence-electron chi connectivity index (χ0n) is 17.1. The Labute approximate surface area is 166 Å². The van der Waals surface area contributed by atoms with E-state index < -0.39 is 14.6 Å². The Bertz CT molecular complexity index is 884. The maximum absolute atomic E-state index is 12.4. The quantitative estimate of drug-likeness (QED) is 0.422. The fraction of sp³-hybridized carbons (Fsp3) is 0.833. The van der Waals surface area contributed by atoms with Crippen LogP contribution < -0.4 is 11.0 Å². The average molecular weight is 413 g/mol. The predicted molar refractivity (Wildman–Crippen MR) is 109 cm³/mol. The normalized spacial score (nSPS) is 21.4. The SMILES string of the molecule is CCNC(=NCCCn1nc2n(c1=O)CCCC2)N1CCS(=O)(=O)C(C)(C)C1. The number of sulfone groups is 1. The first-order valence-electron chi connectivity index (χ1n) is 10.2. The highest BCUT2D eigenvalue weighted by atomic mass is 32.2. The molecule has 1 aromatic rings. The molecule has 3 rings (SSSR count).